The Morgan fingerprint density at radius 1 is 0.917 bits per heavy atom. The predicted molar refractivity (Wildman–Crippen MR) is 95.4 cm³/mol. The van der Waals surface area contributed by atoms with E-state index in [1.54, 1.807) is 12.1 Å². The molecule has 118 valence electrons. The highest BCUT2D eigenvalue weighted by Gasteiger charge is 2.06. The van der Waals surface area contributed by atoms with Gasteiger partial charge in [0.2, 0.25) is 0 Å². The molecule has 2 nitrogen and oxygen atoms in total. The van der Waals surface area contributed by atoms with E-state index in [0.29, 0.717) is 0 Å². The zero-order valence-corrected chi connectivity index (χ0v) is 13.4. The standard InChI is InChI=1S/C21H17FN2/c1-15-13-24(20-3-2-12-23-21(15)20)14-16-4-6-17(7-5-16)18-8-10-19(22)11-9-18/h2-13H,14H2,1H3. The van der Waals surface area contributed by atoms with E-state index in [9.17, 15) is 4.39 Å². The molecule has 0 bridgehead atoms. The van der Waals surface area contributed by atoms with Crippen molar-refractivity contribution in [1.82, 2.24) is 9.55 Å². The van der Waals surface area contributed by atoms with Gasteiger partial charge in [0.05, 0.1) is 11.0 Å². The first-order valence-electron chi connectivity index (χ1n) is 7.96. The summed E-state index contributed by atoms with van der Waals surface area (Å²) < 4.78 is 15.3. The van der Waals surface area contributed by atoms with Crippen molar-refractivity contribution in [3.05, 3.63) is 90.0 Å². The zero-order valence-electron chi connectivity index (χ0n) is 13.4. The Hall–Kier alpha value is -2.94. The maximum Gasteiger partial charge on any atom is 0.123 e. The smallest absolute Gasteiger partial charge is 0.123 e. The van der Waals surface area contributed by atoms with Crippen molar-refractivity contribution in [3.8, 4) is 11.1 Å². The van der Waals surface area contributed by atoms with Crippen LogP contribution in [0.5, 0.6) is 0 Å². The summed E-state index contributed by atoms with van der Waals surface area (Å²) in [6.07, 6.45) is 3.97. The van der Waals surface area contributed by atoms with Gasteiger partial charge in [0, 0.05) is 18.9 Å². The Morgan fingerprint density at radius 2 is 1.58 bits per heavy atom. The lowest BCUT2D eigenvalue weighted by Gasteiger charge is -2.07. The molecule has 0 aliphatic heterocycles. The molecule has 0 spiro atoms. The fourth-order valence-electron chi connectivity index (χ4n) is 3.07. The van der Waals surface area contributed by atoms with Crippen LogP contribution >= 0.6 is 0 Å². The van der Waals surface area contributed by atoms with E-state index in [4.69, 9.17) is 0 Å². The average molecular weight is 316 g/mol. The zero-order chi connectivity index (χ0) is 16.5. The van der Waals surface area contributed by atoms with Crippen LogP contribution in [0.25, 0.3) is 22.2 Å². The highest BCUT2D eigenvalue weighted by Crippen LogP contribution is 2.22. The van der Waals surface area contributed by atoms with Crippen LogP contribution in [0.15, 0.2) is 73.1 Å². The molecule has 0 radical (unpaired) electrons. The fraction of sp³-hybridized carbons (Fsp3) is 0.0952. The molecule has 0 aliphatic rings. The molecule has 3 heteroatoms. The second-order valence-corrected chi connectivity index (χ2v) is 6.01. The SMILES string of the molecule is Cc1cn(Cc2ccc(-c3ccc(F)cc3)cc2)c2cccnc12. The number of aryl methyl sites for hydroxylation is 1. The summed E-state index contributed by atoms with van der Waals surface area (Å²) in [6, 6.07) is 19.1. The summed E-state index contributed by atoms with van der Waals surface area (Å²) in [5.74, 6) is -0.209. The quantitative estimate of drug-likeness (QED) is 0.508. The lowest BCUT2D eigenvalue weighted by Crippen LogP contribution is -1.97. The highest BCUT2D eigenvalue weighted by molar-refractivity contribution is 5.79. The molecule has 4 aromatic rings. The lowest BCUT2D eigenvalue weighted by atomic mass is 10.0. The number of pyridine rings is 1. The lowest BCUT2D eigenvalue weighted by molar-refractivity contribution is 0.628. The van der Waals surface area contributed by atoms with Crippen LogP contribution in [0, 0.1) is 12.7 Å². The van der Waals surface area contributed by atoms with E-state index >= 15 is 0 Å². The molecule has 0 unspecified atom stereocenters. The van der Waals surface area contributed by atoms with E-state index in [1.807, 2.05) is 12.3 Å². The van der Waals surface area contributed by atoms with Gasteiger partial charge in [-0.2, -0.15) is 0 Å². The molecule has 0 N–H and O–H groups in total. The van der Waals surface area contributed by atoms with Crippen molar-refractivity contribution in [2.24, 2.45) is 0 Å². The molecule has 0 aliphatic carbocycles. The molecule has 2 aromatic carbocycles. The third-order valence-corrected chi connectivity index (χ3v) is 4.30. The molecule has 24 heavy (non-hydrogen) atoms. The second kappa shape index (κ2) is 5.93. The number of halogens is 1. The summed E-state index contributed by atoms with van der Waals surface area (Å²) >= 11 is 0. The number of nitrogens with zero attached hydrogens (tertiary/aromatic N) is 2. The van der Waals surface area contributed by atoms with Crippen LogP contribution in [0.4, 0.5) is 4.39 Å². The summed E-state index contributed by atoms with van der Waals surface area (Å²) in [5, 5.41) is 0. The number of hydrogen-bond acceptors (Lipinski definition) is 1. The Labute approximate surface area is 140 Å². The van der Waals surface area contributed by atoms with Gasteiger partial charge in [-0.25, -0.2) is 4.39 Å². The Morgan fingerprint density at radius 3 is 2.29 bits per heavy atom. The molecule has 0 saturated carbocycles. The van der Waals surface area contributed by atoms with Gasteiger partial charge >= 0.3 is 0 Å². The van der Waals surface area contributed by atoms with Crippen molar-refractivity contribution < 1.29 is 4.39 Å². The van der Waals surface area contributed by atoms with Gasteiger partial charge in [0.15, 0.2) is 0 Å². The van der Waals surface area contributed by atoms with Gasteiger partial charge in [-0.15, -0.1) is 0 Å². The van der Waals surface area contributed by atoms with Crippen LogP contribution in [0.1, 0.15) is 11.1 Å². The van der Waals surface area contributed by atoms with Gasteiger partial charge in [0.1, 0.15) is 5.82 Å². The first-order valence-corrected chi connectivity index (χ1v) is 7.96. The number of aromatic nitrogens is 2. The Kier molecular flexibility index (Phi) is 3.62. The molecule has 0 fully saturated rings. The third kappa shape index (κ3) is 2.69. The van der Waals surface area contributed by atoms with Crippen LogP contribution in [0.2, 0.25) is 0 Å². The summed E-state index contributed by atoms with van der Waals surface area (Å²) in [5.41, 5.74) is 6.73. The summed E-state index contributed by atoms with van der Waals surface area (Å²) in [6.45, 7) is 2.89. The topological polar surface area (TPSA) is 17.8 Å². The van der Waals surface area contributed by atoms with Crippen molar-refractivity contribution in [2.75, 3.05) is 0 Å². The Bertz CT molecular complexity index is 983. The van der Waals surface area contributed by atoms with Crippen molar-refractivity contribution in [2.45, 2.75) is 13.5 Å². The van der Waals surface area contributed by atoms with Crippen LogP contribution in [-0.2, 0) is 6.54 Å². The van der Waals surface area contributed by atoms with Crippen molar-refractivity contribution in [3.63, 3.8) is 0 Å². The number of rotatable bonds is 3. The van der Waals surface area contributed by atoms with E-state index < -0.39 is 0 Å². The van der Waals surface area contributed by atoms with Gasteiger partial charge in [0.25, 0.3) is 0 Å². The van der Waals surface area contributed by atoms with Gasteiger partial charge in [-0.3, -0.25) is 4.98 Å². The normalized spacial score (nSPS) is 11.1. The Balaban J connectivity index is 1.62. The average Bonchev–Trinajstić information content (AvgIpc) is 2.93. The van der Waals surface area contributed by atoms with E-state index in [1.165, 1.54) is 23.3 Å². The number of fused-ring (bicyclic) bond motifs is 1. The van der Waals surface area contributed by atoms with E-state index in [2.05, 4.69) is 53.0 Å². The maximum atomic E-state index is 13.0. The van der Waals surface area contributed by atoms with Crippen LogP contribution in [0.3, 0.4) is 0 Å². The molecular weight excluding hydrogens is 299 g/mol. The van der Waals surface area contributed by atoms with Crippen molar-refractivity contribution in [1.29, 1.82) is 0 Å². The molecular formula is C21H17FN2. The molecule has 0 atom stereocenters. The maximum absolute atomic E-state index is 13.0. The molecule has 0 saturated heterocycles. The fourth-order valence-corrected chi connectivity index (χ4v) is 3.07. The molecule has 2 aromatic heterocycles. The first-order chi connectivity index (χ1) is 11.7. The molecule has 0 amide bonds. The van der Waals surface area contributed by atoms with Crippen LogP contribution < -0.4 is 0 Å². The monoisotopic (exact) mass is 316 g/mol. The largest absolute Gasteiger partial charge is 0.341 e. The summed E-state index contributed by atoms with van der Waals surface area (Å²) in [7, 11) is 0. The van der Waals surface area contributed by atoms with E-state index in [-0.39, 0.29) is 5.82 Å². The second-order valence-electron chi connectivity index (χ2n) is 6.01. The number of benzene rings is 2. The summed E-state index contributed by atoms with van der Waals surface area (Å²) in [4.78, 5) is 4.45. The number of hydrogen-bond donors (Lipinski definition) is 0. The third-order valence-electron chi connectivity index (χ3n) is 4.30. The van der Waals surface area contributed by atoms with Gasteiger partial charge in [-0.05, 0) is 53.4 Å². The van der Waals surface area contributed by atoms with Gasteiger partial charge in [-0.1, -0.05) is 36.4 Å². The highest BCUT2D eigenvalue weighted by atomic mass is 19.1. The first kappa shape index (κ1) is 14.6. The minimum Gasteiger partial charge on any atom is -0.341 e. The minimum atomic E-state index is -0.209. The van der Waals surface area contributed by atoms with Crippen LogP contribution in [-0.4, -0.2) is 9.55 Å². The molecule has 2 heterocycles. The predicted octanol–water partition coefficient (Wildman–Crippen LogP) is 5.20. The van der Waals surface area contributed by atoms with Crippen molar-refractivity contribution >= 4 is 11.0 Å². The minimum absolute atomic E-state index is 0.209. The molecule has 4 rings (SSSR count). The van der Waals surface area contributed by atoms with Gasteiger partial charge < -0.3 is 4.57 Å². The van der Waals surface area contributed by atoms with E-state index in [0.717, 1.165) is 28.7 Å².